The van der Waals surface area contributed by atoms with E-state index < -0.39 is 11.7 Å². The Balaban J connectivity index is 4.32. The van der Waals surface area contributed by atoms with Crippen LogP contribution in [-0.4, -0.2) is 12.7 Å². The van der Waals surface area contributed by atoms with E-state index in [1.807, 2.05) is 6.92 Å². The van der Waals surface area contributed by atoms with Gasteiger partial charge in [-0.15, -0.1) is 0 Å². The zero-order valence-corrected chi connectivity index (χ0v) is 7.36. The molecule has 0 unspecified atom stereocenters. The first-order valence-corrected chi connectivity index (χ1v) is 3.82. The van der Waals surface area contributed by atoms with Gasteiger partial charge in [-0.25, -0.2) is 0 Å². The molecular formula is C9H12F3N. The van der Waals surface area contributed by atoms with Gasteiger partial charge in [-0.3, -0.25) is 0 Å². The number of hydrogen-bond acceptors (Lipinski definition) is 1. The van der Waals surface area contributed by atoms with Gasteiger partial charge in [-0.05, 0) is 25.3 Å². The van der Waals surface area contributed by atoms with Crippen molar-refractivity contribution in [3.63, 3.8) is 0 Å². The van der Waals surface area contributed by atoms with Crippen molar-refractivity contribution in [1.29, 1.82) is 0 Å². The Kier molecular flexibility index (Phi) is 4.96. The number of halogens is 3. The molecule has 0 aromatic rings. The van der Waals surface area contributed by atoms with Gasteiger partial charge >= 0.3 is 6.18 Å². The lowest BCUT2D eigenvalue weighted by Gasteiger charge is -2.05. The molecule has 0 rings (SSSR count). The number of allylic oxidation sites excluding steroid dienone is 4. The normalized spacial score (nSPS) is 13.4. The van der Waals surface area contributed by atoms with Crippen molar-refractivity contribution in [2.75, 3.05) is 6.54 Å². The van der Waals surface area contributed by atoms with Crippen LogP contribution in [0.2, 0.25) is 0 Å². The van der Waals surface area contributed by atoms with Gasteiger partial charge in [0.1, 0.15) is 0 Å². The summed E-state index contributed by atoms with van der Waals surface area (Å²) in [5.74, 6) is 0. The van der Waals surface area contributed by atoms with Crippen LogP contribution in [0.25, 0.3) is 0 Å². The molecule has 0 aromatic carbocycles. The average Bonchev–Trinajstić information content (AvgIpc) is 2.02. The summed E-state index contributed by atoms with van der Waals surface area (Å²) in [7, 11) is 0. The minimum absolute atomic E-state index is 0.680. The Labute approximate surface area is 75.6 Å². The van der Waals surface area contributed by atoms with Crippen molar-refractivity contribution in [1.82, 2.24) is 5.32 Å². The third-order valence-corrected chi connectivity index (χ3v) is 1.24. The first kappa shape index (κ1) is 11.8. The van der Waals surface area contributed by atoms with Gasteiger partial charge in [-0.2, -0.15) is 13.2 Å². The van der Waals surface area contributed by atoms with E-state index in [1.165, 1.54) is 12.3 Å². The molecule has 0 aliphatic carbocycles. The summed E-state index contributed by atoms with van der Waals surface area (Å²) in [6, 6.07) is 0. The monoisotopic (exact) mass is 191 g/mol. The van der Waals surface area contributed by atoms with Crippen molar-refractivity contribution >= 4 is 0 Å². The van der Waals surface area contributed by atoms with Gasteiger partial charge in [-0.1, -0.05) is 12.7 Å². The summed E-state index contributed by atoms with van der Waals surface area (Å²) in [4.78, 5) is 0. The maximum atomic E-state index is 12.0. The number of hydrogen-bond donors (Lipinski definition) is 1. The molecule has 0 amide bonds. The van der Waals surface area contributed by atoms with E-state index in [2.05, 4.69) is 11.9 Å². The van der Waals surface area contributed by atoms with Crippen LogP contribution < -0.4 is 5.32 Å². The molecule has 0 fully saturated rings. The highest BCUT2D eigenvalue weighted by atomic mass is 19.4. The van der Waals surface area contributed by atoms with Gasteiger partial charge in [0.25, 0.3) is 0 Å². The van der Waals surface area contributed by atoms with Crippen LogP contribution >= 0.6 is 0 Å². The van der Waals surface area contributed by atoms with Crippen LogP contribution in [0.1, 0.15) is 6.92 Å². The minimum atomic E-state index is -4.32. The number of rotatable bonds is 4. The third kappa shape index (κ3) is 5.11. The molecule has 13 heavy (non-hydrogen) atoms. The van der Waals surface area contributed by atoms with Gasteiger partial charge < -0.3 is 5.32 Å². The van der Waals surface area contributed by atoms with Gasteiger partial charge in [0.15, 0.2) is 0 Å². The molecule has 0 saturated heterocycles. The van der Waals surface area contributed by atoms with E-state index >= 15 is 0 Å². The van der Waals surface area contributed by atoms with Crippen LogP contribution in [0, 0.1) is 0 Å². The van der Waals surface area contributed by atoms with E-state index in [1.54, 1.807) is 0 Å². The van der Waals surface area contributed by atoms with Crippen molar-refractivity contribution in [3.05, 3.63) is 36.6 Å². The summed E-state index contributed by atoms with van der Waals surface area (Å²) in [6.07, 6.45) is 0.188. The van der Waals surface area contributed by atoms with Gasteiger partial charge in [0.05, 0.1) is 5.57 Å². The molecule has 0 aromatic heterocycles. The summed E-state index contributed by atoms with van der Waals surface area (Å²) in [5, 5.41) is 2.75. The van der Waals surface area contributed by atoms with Crippen molar-refractivity contribution in [2.45, 2.75) is 13.1 Å². The lowest BCUT2D eigenvalue weighted by atomic mass is 10.2. The van der Waals surface area contributed by atoms with E-state index in [0.29, 0.717) is 6.54 Å². The zero-order chi connectivity index (χ0) is 10.3. The molecule has 0 bridgehead atoms. The van der Waals surface area contributed by atoms with Crippen molar-refractivity contribution in [3.8, 4) is 0 Å². The topological polar surface area (TPSA) is 12.0 Å². The first-order chi connectivity index (χ1) is 6.02. The van der Waals surface area contributed by atoms with E-state index in [4.69, 9.17) is 0 Å². The minimum Gasteiger partial charge on any atom is -0.391 e. The van der Waals surface area contributed by atoms with Crippen LogP contribution in [0.15, 0.2) is 36.6 Å². The first-order valence-electron chi connectivity index (χ1n) is 3.82. The second kappa shape index (κ2) is 5.45. The Bertz CT molecular complexity index is 213. The lowest BCUT2D eigenvalue weighted by molar-refractivity contribution is -0.0881. The molecule has 0 atom stereocenters. The summed E-state index contributed by atoms with van der Waals surface area (Å²) in [5.41, 5.74) is -0.748. The average molecular weight is 191 g/mol. The molecule has 0 aliphatic heterocycles. The highest BCUT2D eigenvalue weighted by molar-refractivity contribution is 5.26. The Morgan fingerprint density at radius 1 is 1.46 bits per heavy atom. The van der Waals surface area contributed by atoms with E-state index in [9.17, 15) is 13.2 Å². The zero-order valence-electron chi connectivity index (χ0n) is 7.36. The molecule has 4 heteroatoms. The van der Waals surface area contributed by atoms with Gasteiger partial charge in [0.2, 0.25) is 0 Å². The van der Waals surface area contributed by atoms with Gasteiger partial charge in [0, 0.05) is 6.54 Å². The summed E-state index contributed by atoms with van der Waals surface area (Å²) in [6.45, 7) is 5.62. The standard InChI is InChI=1S/C9H12F3N/c1-3-8(9(10,11)12)6-5-7-13-4-2/h3,5-7,13H,1,4H2,2H3/b7-5+,8-6+. The van der Waals surface area contributed by atoms with E-state index in [0.717, 1.165) is 12.2 Å². The fraction of sp³-hybridized carbons (Fsp3) is 0.333. The maximum absolute atomic E-state index is 12.0. The number of nitrogens with one attached hydrogen (secondary N) is 1. The molecule has 0 saturated carbocycles. The van der Waals surface area contributed by atoms with E-state index in [-0.39, 0.29) is 0 Å². The van der Waals surface area contributed by atoms with Crippen LogP contribution in [0.5, 0.6) is 0 Å². The van der Waals surface area contributed by atoms with Crippen molar-refractivity contribution in [2.24, 2.45) is 0 Å². The Morgan fingerprint density at radius 3 is 2.46 bits per heavy atom. The number of alkyl halides is 3. The van der Waals surface area contributed by atoms with Crippen LogP contribution in [-0.2, 0) is 0 Å². The quantitative estimate of drug-likeness (QED) is 0.674. The third-order valence-electron chi connectivity index (χ3n) is 1.24. The predicted molar refractivity (Wildman–Crippen MR) is 47.2 cm³/mol. The lowest BCUT2D eigenvalue weighted by Crippen LogP contribution is -2.09. The second-order valence-corrected chi connectivity index (χ2v) is 2.24. The smallest absolute Gasteiger partial charge is 0.391 e. The van der Waals surface area contributed by atoms with Crippen molar-refractivity contribution < 1.29 is 13.2 Å². The molecule has 1 nitrogen and oxygen atoms in total. The molecule has 1 N–H and O–H groups in total. The summed E-state index contributed by atoms with van der Waals surface area (Å²) >= 11 is 0. The predicted octanol–water partition coefficient (Wildman–Crippen LogP) is 2.78. The fourth-order valence-electron chi connectivity index (χ4n) is 0.616. The van der Waals surface area contributed by atoms with Crippen LogP contribution in [0.3, 0.4) is 0 Å². The Morgan fingerprint density at radius 2 is 2.08 bits per heavy atom. The largest absolute Gasteiger partial charge is 0.416 e. The van der Waals surface area contributed by atoms with Crippen LogP contribution in [0.4, 0.5) is 13.2 Å². The molecule has 0 spiro atoms. The maximum Gasteiger partial charge on any atom is 0.416 e. The fourth-order valence-corrected chi connectivity index (χ4v) is 0.616. The molecule has 74 valence electrons. The molecule has 0 heterocycles. The molecule has 0 aliphatic rings. The molecular weight excluding hydrogens is 179 g/mol. The highest BCUT2D eigenvalue weighted by Gasteiger charge is 2.30. The molecule has 0 radical (unpaired) electrons. The highest BCUT2D eigenvalue weighted by Crippen LogP contribution is 2.25. The summed E-state index contributed by atoms with van der Waals surface area (Å²) < 4.78 is 36.1. The second-order valence-electron chi connectivity index (χ2n) is 2.24. The SMILES string of the molecule is C=C/C(=C\C=C\NCC)C(F)(F)F. The Hall–Kier alpha value is -1.19.